The highest BCUT2D eigenvalue weighted by atomic mass is 79.9. The molecule has 0 aliphatic heterocycles. The largest absolute Gasteiger partial charge is 0.492 e. The van der Waals surface area contributed by atoms with E-state index in [0.29, 0.717) is 5.92 Å². The summed E-state index contributed by atoms with van der Waals surface area (Å²) in [6, 6.07) is 5.66. The van der Waals surface area contributed by atoms with Crippen molar-refractivity contribution in [2.45, 2.75) is 31.1 Å². The summed E-state index contributed by atoms with van der Waals surface area (Å²) >= 11 is 3.47. The first kappa shape index (κ1) is 12.0. The van der Waals surface area contributed by atoms with Gasteiger partial charge in [0, 0.05) is 0 Å². The molecule has 96 valence electrons. The fourth-order valence-corrected chi connectivity index (χ4v) is 2.65. The first-order chi connectivity index (χ1) is 8.62. The van der Waals surface area contributed by atoms with Gasteiger partial charge in [0.1, 0.15) is 5.75 Å². The summed E-state index contributed by atoms with van der Waals surface area (Å²) in [7, 11) is 0. The quantitative estimate of drug-likeness (QED) is 0.907. The van der Waals surface area contributed by atoms with Crippen LogP contribution in [0.4, 0.5) is 0 Å². The van der Waals surface area contributed by atoms with E-state index in [2.05, 4.69) is 15.9 Å². The predicted octanol–water partition coefficient (Wildman–Crippen LogP) is 3.35. The van der Waals surface area contributed by atoms with Gasteiger partial charge in [-0.05, 0) is 65.2 Å². The first-order valence-electron chi connectivity index (χ1n) is 6.28. The number of hydrogen-bond donors (Lipinski definition) is 1. The normalized spacial score (nSPS) is 20.5. The minimum atomic E-state index is -0.721. The van der Waals surface area contributed by atoms with E-state index in [-0.39, 0.29) is 0 Å². The van der Waals surface area contributed by atoms with Gasteiger partial charge in [-0.1, -0.05) is 6.07 Å². The van der Waals surface area contributed by atoms with E-state index in [0.717, 1.165) is 35.2 Å². The Labute approximate surface area is 114 Å². The van der Waals surface area contributed by atoms with Crippen LogP contribution in [0.1, 0.15) is 31.2 Å². The van der Waals surface area contributed by atoms with Crippen LogP contribution in [0.3, 0.4) is 0 Å². The molecule has 0 amide bonds. The highest BCUT2D eigenvalue weighted by Crippen LogP contribution is 2.49. The molecule has 2 saturated carbocycles. The standard InChI is InChI=1S/C14H15BrO3/c15-11-7-10(14(5-6-14)13(16)17)3-4-12(11)18-8-9-1-2-9/h3-4,7,9H,1-2,5-6,8H2,(H,16,17). The SMILES string of the molecule is O=C(O)C1(c2ccc(OCC3CC3)c(Br)c2)CC1. The second-order valence-corrected chi connectivity index (χ2v) is 6.14. The molecule has 0 bridgehead atoms. The summed E-state index contributed by atoms with van der Waals surface area (Å²) in [5.41, 5.74) is 0.234. The molecule has 1 aromatic carbocycles. The fourth-order valence-electron chi connectivity index (χ4n) is 2.16. The van der Waals surface area contributed by atoms with Gasteiger partial charge in [-0.25, -0.2) is 0 Å². The van der Waals surface area contributed by atoms with E-state index in [1.165, 1.54) is 12.8 Å². The van der Waals surface area contributed by atoms with Crippen molar-refractivity contribution < 1.29 is 14.6 Å². The van der Waals surface area contributed by atoms with Crippen LogP contribution in [0, 0.1) is 5.92 Å². The Morgan fingerprint density at radius 1 is 1.44 bits per heavy atom. The molecule has 3 nitrogen and oxygen atoms in total. The molecule has 0 aromatic heterocycles. The molecule has 18 heavy (non-hydrogen) atoms. The van der Waals surface area contributed by atoms with Crippen LogP contribution in [0.15, 0.2) is 22.7 Å². The lowest BCUT2D eigenvalue weighted by atomic mass is 9.96. The van der Waals surface area contributed by atoms with Crippen molar-refractivity contribution in [1.29, 1.82) is 0 Å². The number of ether oxygens (including phenoxy) is 1. The fraction of sp³-hybridized carbons (Fsp3) is 0.500. The molecule has 2 aliphatic carbocycles. The highest BCUT2D eigenvalue weighted by Gasteiger charge is 2.51. The third-order valence-electron chi connectivity index (χ3n) is 3.82. The molecule has 0 atom stereocenters. The van der Waals surface area contributed by atoms with E-state index in [4.69, 9.17) is 4.74 Å². The molecule has 1 aromatic rings. The van der Waals surface area contributed by atoms with Crippen LogP contribution in [0.2, 0.25) is 0 Å². The smallest absolute Gasteiger partial charge is 0.314 e. The van der Waals surface area contributed by atoms with Crippen molar-refractivity contribution in [3.8, 4) is 5.75 Å². The van der Waals surface area contributed by atoms with Crippen molar-refractivity contribution >= 4 is 21.9 Å². The summed E-state index contributed by atoms with van der Waals surface area (Å²) in [5, 5.41) is 9.26. The Kier molecular flexibility index (Phi) is 2.85. The monoisotopic (exact) mass is 310 g/mol. The maximum atomic E-state index is 11.3. The number of rotatable bonds is 5. The van der Waals surface area contributed by atoms with Crippen molar-refractivity contribution in [3.63, 3.8) is 0 Å². The molecular formula is C14H15BrO3. The van der Waals surface area contributed by atoms with Gasteiger partial charge in [0.15, 0.2) is 0 Å². The van der Waals surface area contributed by atoms with E-state index in [9.17, 15) is 9.90 Å². The lowest BCUT2D eigenvalue weighted by Crippen LogP contribution is -2.19. The number of carboxylic acids is 1. The zero-order chi connectivity index (χ0) is 12.8. The maximum Gasteiger partial charge on any atom is 0.314 e. The lowest BCUT2D eigenvalue weighted by molar-refractivity contribution is -0.140. The van der Waals surface area contributed by atoms with E-state index in [1.54, 1.807) is 0 Å². The average Bonchev–Trinajstić information content (AvgIpc) is 3.21. The Balaban J connectivity index is 1.77. The van der Waals surface area contributed by atoms with Gasteiger partial charge in [0.05, 0.1) is 16.5 Å². The Hall–Kier alpha value is -1.03. The second kappa shape index (κ2) is 4.26. The molecule has 0 saturated heterocycles. The number of benzene rings is 1. The maximum absolute atomic E-state index is 11.3. The zero-order valence-electron chi connectivity index (χ0n) is 9.99. The van der Waals surface area contributed by atoms with Crippen LogP contribution in [0.5, 0.6) is 5.75 Å². The highest BCUT2D eigenvalue weighted by molar-refractivity contribution is 9.10. The molecular weight excluding hydrogens is 296 g/mol. The van der Waals surface area contributed by atoms with Gasteiger partial charge in [-0.15, -0.1) is 0 Å². The molecule has 0 radical (unpaired) electrons. The predicted molar refractivity (Wildman–Crippen MR) is 70.9 cm³/mol. The van der Waals surface area contributed by atoms with Crippen molar-refractivity contribution in [2.24, 2.45) is 5.92 Å². The van der Waals surface area contributed by atoms with E-state index < -0.39 is 11.4 Å². The van der Waals surface area contributed by atoms with Gasteiger partial charge < -0.3 is 9.84 Å². The van der Waals surface area contributed by atoms with Gasteiger partial charge in [-0.3, -0.25) is 4.79 Å². The molecule has 2 aliphatic rings. The van der Waals surface area contributed by atoms with Gasteiger partial charge in [-0.2, -0.15) is 0 Å². The summed E-state index contributed by atoms with van der Waals surface area (Å²) in [6.45, 7) is 0.766. The zero-order valence-corrected chi connectivity index (χ0v) is 11.6. The number of carbonyl (C=O) groups is 1. The molecule has 0 unspecified atom stereocenters. The van der Waals surface area contributed by atoms with E-state index >= 15 is 0 Å². The average molecular weight is 311 g/mol. The Bertz CT molecular complexity index is 490. The summed E-state index contributed by atoms with van der Waals surface area (Å²) in [5.74, 6) is 0.804. The van der Waals surface area contributed by atoms with Gasteiger partial charge >= 0.3 is 5.97 Å². The van der Waals surface area contributed by atoms with Crippen LogP contribution >= 0.6 is 15.9 Å². The Morgan fingerprint density at radius 3 is 2.67 bits per heavy atom. The third kappa shape index (κ3) is 2.14. The van der Waals surface area contributed by atoms with Crippen molar-refractivity contribution in [2.75, 3.05) is 6.61 Å². The van der Waals surface area contributed by atoms with Crippen LogP contribution in [0.25, 0.3) is 0 Å². The summed E-state index contributed by atoms with van der Waals surface area (Å²) in [6.07, 6.45) is 3.99. The van der Waals surface area contributed by atoms with E-state index in [1.807, 2.05) is 18.2 Å². The molecule has 4 heteroatoms. The van der Waals surface area contributed by atoms with Crippen molar-refractivity contribution in [1.82, 2.24) is 0 Å². The molecule has 0 heterocycles. The minimum absolute atomic E-state index is 0.641. The molecule has 3 rings (SSSR count). The lowest BCUT2D eigenvalue weighted by Gasteiger charge is -2.13. The topological polar surface area (TPSA) is 46.5 Å². The molecule has 0 spiro atoms. The van der Waals surface area contributed by atoms with Crippen LogP contribution in [-0.4, -0.2) is 17.7 Å². The number of hydrogen-bond acceptors (Lipinski definition) is 2. The summed E-state index contributed by atoms with van der Waals surface area (Å²) in [4.78, 5) is 11.3. The summed E-state index contributed by atoms with van der Waals surface area (Å²) < 4.78 is 6.57. The Morgan fingerprint density at radius 2 is 2.17 bits per heavy atom. The minimum Gasteiger partial charge on any atom is -0.492 e. The van der Waals surface area contributed by atoms with Crippen molar-refractivity contribution in [3.05, 3.63) is 28.2 Å². The number of halogens is 1. The number of carboxylic acid groups (broad SMARTS) is 1. The van der Waals surface area contributed by atoms with Gasteiger partial charge in [0.2, 0.25) is 0 Å². The van der Waals surface area contributed by atoms with Crippen LogP contribution in [-0.2, 0) is 10.2 Å². The molecule has 2 fully saturated rings. The van der Waals surface area contributed by atoms with Gasteiger partial charge in [0.25, 0.3) is 0 Å². The number of aliphatic carboxylic acids is 1. The second-order valence-electron chi connectivity index (χ2n) is 5.29. The third-order valence-corrected chi connectivity index (χ3v) is 4.44. The molecule has 1 N–H and O–H groups in total. The first-order valence-corrected chi connectivity index (χ1v) is 7.07. The van der Waals surface area contributed by atoms with Crippen LogP contribution < -0.4 is 4.74 Å².